The number of aromatic nitrogens is 1. The van der Waals surface area contributed by atoms with Gasteiger partial charge in [-0.2, -0.15) is 0 Å². The van der Waals surface area contributed by atoms with Crippen molar-refractivity contribution in [1.29, 1.82) is 0 Å². The van der Waals surface area contributed by atoms with Gasteiger partial charge in [-0.1, -0.05) is 11.8 Å². The lowest BCUT2D eigenvalue weighted by Gasteiger charge is -2.34. The smallest absolute Gasteiger partial charge is 0.308 e. The highest BCUT2D eigenvalue weighted by Crippen LogP contribution is 2.36. The van der Waals surface area contributed by atoms with E-state index in [-0.39, 0.29) is 11.9 Å². The highest BCUT2D eigenvalue weighted by Gasteiger charge is 2.36. The van der Waals surface area contributed by atoms with Gasteiger partial charge in [0.25, 0.3) is 0 Å². The van der Waals surface area contributed by atoms with E-state index < -0.39 is 5.60 Å². The first-order chi connectivity index (χ1) is 9.13. The average Bonchev–Trinajstić information content (AvgIpc) is 2.91. The molecule has 0 amide bonds. The molecule has 0 saturated heterocycles. The molecule has 6 heteroatoms. The number of hydrogen-bond donors (Lipinski definition) is 1. The summed E-state index contributed by atoms with van der Waals surface area (Å²) in [5, 5.41) is 12.4. The molecule has 1 aromatic rings. The first kappa shape index (κ1) is 14.8. The molecule has 1 aliphatic carbocycles. The van der Waals surface area contributed by atoms with Gasteiger partial charge in [0.1, 0.15) is 4.34 Å². The Labute approximate surface area is 121 Å². The molecule has 0 unspecified atom stereocenters. The number of nitrogens with zero attached hydrogens (tertiary/aromatic N) is 1. The zero-order valence-electron chi connectivity index (χ0n) is 11.0. The van der Waals surface area contributed by atoms with Gasteiger partial charge >= 0.3 is 5.97 Å². The molecule has 0 spiro atoms. The molecule has 1 heterocycles. The van der Waals surface area contributed by atoms with Gasteiger partial charge in [0.2, 0.25) is 0 Å². The van der Waals surface area contributed by atoms with E-state index in [0.717, 1.165) is 4.34 Å². The fourth-order valence-corrected chi connectivity index (χ4v) is 4.06. The van der Waals surface area contributed by atoms with E-state index in [0.29, 0.717) is 38.0 Å². The number of thiazole rings is 1. The summed E-state index contributed by atoms with van der Waals surface area (Å²) < 4.78 is 6.02. The van der Waals surface area contributed by atoms with E-state index in [1.54, 1.807) is 29.3 Å². The second kappa shape index (κ2) is 6.72. The van der Waals surface area contributed by atoms with Gasteiger partial charge in [-0.25, -0.2) is 4.98 Å². The molecule has 0 bridgehead atoms. The van der Waals surface area contributed by atoms with Crippen LogP contribution in [-0.4, -0.2) is 34.0 Å². The molecule has 1 saturated carbocycles. The standard InChI is InChI=1S/C13H19NO3S2/c1-2-17-11(15)10-3-5-13(16,6-4-10)9-19-12-14-7-8-18-12/h7-8,10,16H,2-6,9H2,1H3. The average molecular weight is 301 g/mol. The van der Waals surface area contributed by atoms with Crippen molar-refractivity contribution in [1.82, 2.24) is 4.98 Å². The van der Waals surface area contributed by atoms with E-state index in [2.05, 4.69) is 4.98 Å². The summed E-state index contributed by atoms with van der Waals surface area (Å²) >= 11 is 3.18. The topological polar surface area (TPSA) is 59.4 Å². The summed E-state index contributed by atoms with van der Waals surface area (Å²) in [4.78, 5) is 15.8. The lowest BCUT2D eigenvalue weighted by Crippen LogP contribution is -2.38. The second-order valence-corrected chi connectivity index (χ2v) is 6.95. The zero-order chi connectivity index (χ0) is 13.7. The van der Waals surface area contributed by atoms with E-state index in [9.17, 15) is 9.90 Å². The monoisotopic (exact) mass is 301 g/mol. The molecule has 19 heavy (non-hydrogen) atoms. The van der Waals surface area contributed by atoms with Crippen molar-refractivity contribution >= 4 is 29.1 Å². The normalized spacial score (nSPS) is 27.2. The van der Waals surface area contributed by atoms with Crippen LogP contribution in [0.5, 0.6) is 0 Å². The third-order valence-corrected chi connectivity index (χ3v) is 5.65. The van der Waals surface area contributed by atoms with Crippen molar-refractivity contribution < 1.29 is 14.6 Å². The Hall–Kier alpha value is -0.590. The number of carbonyl (C=O) groups is 1. The van der Waals surface area contributed by atoms with Crippen molar-refractivity contribution in [2.45, 2.75) is 42.5 Å². The number of aliphatic hydroxyl groups is 1. The van der Waals surface area contributed by atoms with Crippen molar-refractivity contribution in [2.24, 2.45) is 5.92 Å². The molecule has 1 aliphatic rings. The number of carbonyl (C=O) groups excluding carboxylic acids is 1. The number of hydrogen-bond acceptors (Lipinski definition) is 6. The molecule has 1 N–H and O–H groups in total. The summed E-state index contributed by atoms with van der Waals surface area (Å²) in [6, 6.07) is 0. The van der Waals surface area contributed by atoms with E-state index in [1.807, 2.05) is 12.3 Å². The maximum atomic E-state index is 11.6. The Morgan fingerprint density at radius 2 is 2.37 bits per heavy atom. The highest BCUT2D eigenvalue weighted by atomic mass is 32.2. The molecular formula is C13H19NO3S2. The molecule has 0 aromatic carbocycles. The number of rotatable bonds is 5. The molecular weight excluding hydrogens is 282 g/mol. The predicted molar refractivity (Wildman–Crippen MR) is 76.4 cm³/mol. The van der Waals surface area contributed by atoms with Crippen LogP contribution in [0.2, 0.25) is 0 Å². The van der Waals surface area contributed by atoms with E-state index in [1.165, 1.54) is 0 Å². The second-order valence-electron chi connectivity index (χ2n) is 4.84. The Bertz CT molecular complexity index is 400. The molecule has 4 nitrogen and oxygen atoms in total. The van der Waals surface area contributed by atoms with Gasteiger partial charge < -0.3 is 9.84 Å². The van der Waals surface area contributed by atoms with Gasteiger partial charge in [0.15, 0.2) is 0 Å². The van der Waals surface area contributed by atoms with Crippen LogP contribution in [-0.2, 0) is 9.53 Å². The molecule has 0 radical (unpaired) electrons. The van der Waals surface area contributed by atoms with E-state index >= 15 is 0 Å². The van der Waals surface area contributed by atoms with Crippen molar-refractivity contribution in [3.63, 3.8) is 0 Å². The molecule has 0 aliphatic heterocycles. The fourth-order valence-electron chi connectivity index (χ4n) is 2.27. The number of ether oxygens (including phenoxy) is 1. The van der Waals surface area contributed by atoms with Crippen LogP contribution in [0.4, 0.5) is 0 Å². The minimum Gasteiger partial charge on any atom is -0.466 e. The van der Waals surface area contributed by atoms with Crippen LogP contribution in [0.25, 0.3) is 0 Å². The summed E-state index contributed by atoms with van der Waals surface area (Å²) in [6.07, 6.45) is 4.53. The first-order valence-electron chi connectivity index (χ1n) is 6.54. The summed E-state index contributed by atoms with van der Waals surface area (Å²) in [5.41, 5.74) is -0.667. The van der Waals surface area contributed by atoms with Gasteiger partial charge in [0, 0.05) is 17.3 Å². The Morgan fingerprint density at radius 3 is 2.95 bits per heavy atom. The fraction of sp³-hybridized carbons (Fsp3) is 0.692. The number of thioether (sulfide) groups is 1. The Morgan fingerprint density at radius 1 is 1.63 bits per heavy atom. The van der Waals surface area contributed by atoms with Gasteiger partial charge in [0.05, 0.1) is 18.1 Å². The quantitative estimate of drug-likeness (QED) is 0.669. The minimum atomic E-state index is -0.667. The SMILES string of the molecule is CCOC(=O)C1CCC(O)(CSc2nccs2)CC1. The van der Waals surface area contributed by atoms with Crippen LogP contribution in [0.1, 0.15) is 32.6 Å². The number of esters is 1. The first-order valence-corrected chi connectivity index (χ1v) is 8.41. The van der Waals surface area contributed by atoms with Crippen LogP contribution in [0.3, 0.4) is 0 Å². The van der Waals surface area contributed by atoms with Crippen molar-refractivity contribution in [3.05, 3.63) is 11.6 Å². The molecule has 0 atom stereocenters. The lowest BCUT2D eigenvalue weighted by molar-refractivity contribution is -0.150. The third-order valence-electron chi connectivity index (χ3n) is 3.41. The van der Waals surface area contributed by atoms with Crippen LogP contribution in [0.15, 0.2) is 15.9 Å². The van der Waals surface area contributed by atoms with Crippen molar-refractivity contribution in [3.8, 4) is 0 Å². The zero-order valence-corrected chi connectivity index (χ0v) is 12.6. The summed E-state index contributed by atoms with van der Waals surface area (Å²) in [6.45, 7) is 2.25. The molecule has 1 fully saturated rings. The minimum absolute atomic E-state index is 0.0370. The maximum absolute atomic E-state index is 11.6. The maximum Gasteiger partial charge on any atom is 0.308 e. The summed E-state index contributed by atoms with van der Waals surface area (Å²) in [5.74, 6) is 0.498. The molecule has 106 valence electrons. The van der Waals surface area contributed by atoms with Gasteiger partial charge in [-0.05, 0) is 32.6 Å². The van der Waals surface area contributed by atoms with E-state index in [4.69, 9.17) is 4.74 Å². The van der Waals surface area contributed by atoms with Gasteiger partial charge in [-0.15, -0.1) is 11.3 Å². The van der Waals surface area contributed by atoms with Crippen LogP contribution < -0.4 is 0 Å². The van der Waals surface area contributed by atoms with Gasteiger partial charge in [-0.3, -0.25) is 4.79 Å². The summed E-state index contributed by atoms with van der Waals surface area (Å²) in [7, 11) is 0. The Balaban J connectivity index is 1.79. The third kappa shape index (κ3) is 4.19. The lowest BCUT2D eigenvalue weighted by atomic mass is 9.80. The van der Waals surface area contributed by atoms with Crippen LogP contribution in [0, 0.1) is 5.92 Å². The largest absolute Gasteiger partial charge is 0.466 e. The van der Waals surface area contributed by atoms with Crippen LogP contribution >= 0.6 is 23.1 Å². The molecule has 1 aromatic heterocycles. The Kier molecular flexibility index (Phi) is 5.24. The van der Waals surface area contributed by atoms with Crippen molar-refractivity contribution in [2.75, 3.05) is 12.4 Å². The predicted octanol–water partition coefficient (Wildman–Crippen LogP) is 2.72. The molecule has 2 rings (SSSR count). The highest BCUT2D eigenvalue weighted by molar-refractivity contribution is 8.01.